The molecule has 9 heteroatoms. The fourth-order valence-electron chi connectivity index (χ4n) is 4.03. The minimum absolute atomic E-state index is 0.0364. The molecule has 0 spiro atoms. The summed E-state index contributed by atoms with van der Waals surface area (Å²) in [6, 6.07) is 32.7. The molecule has 0 aliphatic rings. The van der Waals surface area contributed by atoms with Gasteiger partial charge in [0.05, 0.1) is 11.4 Å². The maximum atomic E-state index is 12.9. The lowest BCUT2D eigenvalue weighted by molar-refractivity contribution is -0.113. The smallest absolute Gasteiger partial charge is 0.255 e. The second kappa shape index (κ2) is 12.2. The van der Waals surface area contributed by atoms with E-state index in [1.54, 1.807) is 36.4 Å². The van der Waals surface area contributed by atoms with Crippen LogP contribution in [0.4, 0.5) is 11.4 Å². The van der Waals surface area contributed by atoms with Crippen molar-refractivity contribution < 1.29 is 14.4 Å². The lowest BCUT2D eigenvalue weighted by Crippen LogP contribution is -2.15. The van der Waals surface area contributed by atoms with Crippen LogP contribution in [0, 0.1) is 0 Å². The Morgan fingerprint density at radius 3 is 2.08 bits per heavy atom. The monoisotopic (exact) mass is 547 g/mol. The van der Waals surface area contributed by atoms with E-state index in [1.165, 1.54) is 18.7 Å². The number of nitrogens with zero attached hydrogens (tertiary/aromatic N) is 3. The number of nitrogens with one attached hydrogen (secondary N) is 2. The van der Waals surface area contributed by atoms with Gasteiger partial charge < -0.3 is 10.6 Å². The zero-order chi connectivity index (χ0) is 27.9. The van der Waals surface area contributed by atoms with Crippen LogP contribution in [-0.2, 0) is 4.79 Å². The fourth-order valence-corrected chi connectivity index (χ4v) is 4.79. The summed E-state index contributed by atoms with van der Waals surface area (Å²) in [6.07, 6.45) is 0. The molecule has 0 aliphatic carbocycles. The molecule has 0 saturated carbocycles. The molecule has 0 unspecified atom stereocenters. The van der Waals surface area contributed by atoms with Crippen LogP contribution in [-0.4, -0.2) is 38.1 Å². The van der Waals surface area contributed by atoms with E-state index in [0.29, 0.717) is 39.0 Å². The second-order valence-electron chi connectivity index (χ2n) is 8.81. The lowest BCUT2D eigenvalue weighted by Gasteiger charge is -2.14. The molecule has 0 atom stereocenters. The zero-order valence-corrected chi connectivity index (χ0v) is 22.4. The first-order chi connectivity index (χ1) is 19.5. The lowest BCUT2D eigenvalue weighted by atomic mass is 10.1. The first kappa shape index (κ1) is 26.6. The Balaban J connectivity index is 1.40. The number of ketones is 1. The van der Waals surface area contributed by atoms with Crippen molar-refractivity contribution in [3.63, 3.8) is 0 Å². The number of amides is 2. The maximum Gasteiger partial charge on any atom is 0.255 e. The van der Waals surface area contributed by atoms with Crippen LogP contribution < -0.4 is 10.6 Å². The van der Waals surface area contributed by atoms with Crippen molar-refractivity contribution in [3.05, 3.63) is 120 Å². The van der Waals surface area contributed by atoms with Crippen LogP contribution in [0.5, 0.6) is 0 Å². The predicted octanol–water partition coefficient (Wildman–Crippen LogP) is 6.12. The quantitative estimate of drug-likeness (QED) is 0.170. The number of aromatic nitrogens is 3. The molecule has 2 amide bonds. The van der Waals surface area contributed by atoms with Crippen LogP contribution in [0.2, 0.25) is 0 Å². The van der Waals surface area contributed by atoms with Crippen molar-refractivity contribution in [1.82, 2.24) is 14.8 Å². The first-order valence-electron chi connectivity index (χ1n) is 12.5. The van der Waals surface area contributed by atoms with Crippen LogP contribution in [0.3, 0.4) is 0 Å². The molecule has 1 heterocycles. The van der Waals surface area contributed by atoms with Gasteiger partial charge in [0.2, 0.25) is 5.91 Å². The first-order valence-corrected chi connectivity index (χ1v) is 13.5. The van der Waals surface area contributed by atoms with Crippen molar-refractivity contribution in [1.29, 1.82) is 0 Å². The highest BCUT2D eigenvalue weighted by Crippen LogP contribution is 2.32. The van der Waals surface area contributed by atoms with Gasteiger partial charge in [-0.05, 0) is 67.6 Å². The van der Waals surface area contributed by atoms with Crippen LogP contribution in [0.1, 0.15) is 27.6 Å². The molecule has 198 valence electrons. The molecule has 5 rings (SSSR count). The van der Waals surface area contributed by atoms with E-state index >= 15 is 0 Å². The van der Waals surface area contributed by atoms with Gasteiger partial charge in [-0.1, -0.05) is 60.3 Å². The van der Waals surface area contributed by atoms with Crippen molar-refractivity contribution in [2.75, 3.05) is 16.4 Å². The summed E-state index contributed by atoms with van der Waals surface area (Å²) in [5.41, 5.74) is 3.81. The van der Waals surface area contributed by atoms with Gasteiger partial charge in [0.25, 0.3) is 5.91 Å². The number of thioether (sulfide) groups is 1. The Morgan fingerprint density at radius 1 is 0.725 bits per heavy atom. The van der Waals surface area contributed by atoms with Crippen LogP contribution >= 0.6 is 11.8 Å². The predicted molar refractivity (Wildman–Crippen MR) is 157 cm³/mol. The Hall–Kier alpha value is -5.02. The van der Waals surface area contributed by atoms with Gasteiger partial charge in [0.1, 0.15) is 0 Å². The molecule has 2 N–H and O–H groups in total. The highest BCUT2D eigenvalue weighted by atomic mass is 32.2. The minimum Gasteiger partial charge on any atom is -0.325 e. The number of hydrogen-bond donors (Lipinski definition) is 2. The zero-order valence-electron chi connectivity index (χ0n) is 21.6. The summed E-state index contributed by atoms with van der Waals surface area (Å²) < 4.78 is 1.87. The second-order valence-corrected chi connectivity index (χ2v) is 9.76. The molecule has 40 heavy (non-hydrogen) atoms. The van der Waals surface area contributed by atoms with E-state index in [9.17, 15) is 14.4 Å². The fraction of sp³-hybridized carbons (Fsp3) is 0.0645. The number of carbonyl (C=O) groups excluding carboxylic acids is 3. The van der Waals surface area contributed by atoms with E-state index in [1.807, 2.05) is 77.4 Å². The highest BCUT2D eigenvalue weighted by molar-refractivity contribution is 7.99. The number of benzene rings is 4. The summed E-state index contributed by atoms with van der Waals surface area (Å²) in [7, 11) is 0. The molecule has 8 nitrogen and oxygen atoms in total. The summed E-state index contributed by atoms with van der Waals surface area (Å²) >= 11 is 1.25. The molecule has 0 radical (unpaired) electrons. The van der Waals surface area contributed by atoms with Gasteiger partial charge in [0.15, 0.2) is 16.8 Å². The normalized spacial score (nSPS) is 10.6. The van der Waals surface area contributed by atoms with Gasteiger partial charge >= 0.3 is 0 Å². The van der Waals surface area contributed by atoms with Gasteiger partial charge in [-0.3, -0.25) is 19.0 Å². The number of anilines is 2. The summed E-state index contributed by atoms with van der Waals surface area (Å²) in [5.74, 6) is 0.122. The van der Waals surface area contributed by atoms with E-state index in [-0.39, 0.29) is 23.4 Å². The van der Waals surface area contributed by atoms with Crippen molar-refractivity contribution in [2.24, 2.45) is 0 Å². The van der Waals surface area contributed by atoms with Crippen LogP contribution in [0.25, 0.3) is 17.1 Å². The molecule has 1 aromatic heterocycles. The third kappa shape index (κ3) is 6.16. The van der Waals surface area contributed by atoms with E-state index in [2.05, 4.69) is 20.8 Å². The number of carbonyl (C=O) groups is 3. The average Bonchev–Trinajstić information content (AvgIpc) is 3.41. The van der Waals surface area contributed by atoms with Gasteiger partial charge in [0, 0.05) is 28.1 Å². The molecular formula is C31H25N5O3S. The Labute approximate surface area is 235 Å². The standard InChI is InChI=1S/C31H25N5O3S/c1-21(37)22-16-18-24(19-17-22)32-28(38)20-40-31-35-34-29(36(31)25-12-6-3-7-13-25)26-14-8-9-15-27(26)33-30(39)23-10-4-2-5-11-23/h2-19H,20H2,1H3,(H,32,38)(H,33,39). The molecule has 5 aromatic rings. The Kier molecular flexibility index (Phi) is 8.13. The largest absolute Gasteiger partial charge is 0.325 e. The van der Waals surface area contributed by atoms with Crippen molar-refractivity contribution in [3.8, 4) is 17.1 Å². The Bertz CT molecular complexity index is 1650. The third-order valence-electron chi connectivity index (χ3n) is 6.01. The van der Waals surface area contributed by atoms with E-state index in [4.69, 9.17) is 0 Å². The van der Waals surface area contributed by atoms with Gasteiger partial charge in [-0.15, -0.1) is 10.2 Å². The number of rotatable bonds is 9. The number of para-hydroxylation sites is 2. The topological polar surface area (TPSA) is 106 Å². The molecule has 0 bridgehead atoms. The number of Topliss-reactive ketones (excluding diaryl/α,β-unsaturated/α-hetero) is 1. The SMILES string of the molecule is CC(=O)c1ccc(NC(=O)CSc2nnc(-c3ccccc3NC(=O)c3ccccc3)n2-c2ccccc2)cc1. The van der Waals surface area contributed by atoms with Gasteiger partial charge in [-0.2, -0.15) is 0 Å². The minimum atomic E-state index is -0.235. The molecule has 0 saturated heterocycles. The maximum absolute atomic E-state index is 12.9. The molecular weight excluding hydrogens is 522 g/mol. The van der Waals surface area contributed by atoms with E-state index < -0.39 is 0 Å². The summed E-state index contributed by atoms with van der Waals surface area (Å²) in [5, 5.41) is 15.2. The summed E-state index contributed by atoms with van der Waals surface area (Å²) in [6.45, 7) is 1.50. The summed E-state index contributed by atoms with van der Waals surface area (Å²) in [4.78, 5) is 37.2. The molecule has 4 aromatic carbocycles. The highest BCUT2D eigenvalue weighted by Gasteiger charge is 2.20. The third-order valence-corrected chi connectivity index (χ3v) is 6.94. The Morgan fingerprint density at radius 2 is 1.38 bits per heavy atom. The number of hydrogen-bond acceptors (Lipinski definition) is 6. The molecule has 0 aliphatic heterocycles. The van der Waals surface area contributed by atoms with Crippen molar-refractivity contribution >= 4 is 40.7 Å². The average molecular weight is 548 g/mol. The van der Waals surface area contributed by atoms with Crippen LogP contribution in [0.15, 0.2) is 114 Å². The van der Waals surface area contributed by atoms with Crippen molar-refractivity contribution in [2.45, 2.75) is 12.1 Å². The van der Waals surface area contributed by atoms with Gasteiger partial charge in [-0.25, -0.2) is 0 Å². The van der Waals surface area contributed by atoms with E-state index in [0.717, 1.165) is 5.69 Å². The molecule has 0 fully saturated rings.